The molecule has 0 radical (unpaired) electrons. The largest absolute Gasteiger partial charge is 0.432 e. The lowest BCUT2D eigenvalue weighted by atomic mass is 10.0. The van der Waals surface area contributed by atoms with Crippen LogP contribution in [0.5, 0.6) is 0 Å². The van der Waals surface area contributed by atoms with Gasteiger partial charge >= 0.3 is 6.18 Å². The summed E-state index contributed by atoms with van der Waals surface area (Å²) in [6.07, 6.45) is -3.38. The number of hydrogen-bond donors (Lipinski definition) is 2. The summed E-state index contributed by atoms with van der Waals surface area (Å²) in [5.41, 5.74) is 5.92. The maximum Gasteiger partial charge on any atom is 0.432 e. The molecule has 0 bridgehead atoms. The molecule has 0 amide bonds. The summed E-state index contributed by atoms with van der Waals surface area (Å²) in [5.74, 6) is 0.235. The highest BCUT2D eigenvalue weighted by molar-refractivity contribution is 5.20. The molecule has 1 unspecified atom stereocenters. The lowest BCUT2D eigenvalue weighted by molar-refractivity contribution is -0.140. The van der Waals surface area contributed by atoms with E-state index >= 15 is 0 Å². The van der Waals surface area contributed by atoms with Crippen LogP contribution in [0.1, 0.15) is 23.1 Å². The zero-order valence-corrected chi connectivity index (χ0v) is 9.41. The SMILES string of the molecule is NC(Cc1ncc(C(F)(F)F)[nH]1)c1ccccc1. The average Bonchev–Trinajstić information content (AvgIpc) is 2.78. The van der Waals surface area contributed by atoms with Gasteiger partial charge in [-0.05, 0) is 5.56 Å². The number of benzene rings is 1. The van der Waals surface area contributed by atoms with Gasteiger partial charge in [0.1, 0.15) is 11.5 Å². The minimum Gasteiger partial charge on any atom is -0.338 e. The number of nitrogens with one attached hydrogen (secondary N) is 1. The molecule has 0 saturated carbocycles. The van der Waals surface area contributed by atoms with Crippen molar-refractivity contribution in [2.75, 3.05) is 0 Å². The molecular weight excluding hydrogens is 243 g/mol. The minimum absolute atomic E-state index is 0.235. The first-order valence-corrected chi connectivity index (χ1v) is 5.38. The summed E-state index contributed by atoms with van der Waals surface area (Å²) in [6, 6.07) is 8.80. The van der Waals surface area contributed by atoms with Gasteiger partial charge in [-0.15, -0.1) is 0 Å². The van der Waals surface area contributed by atoms with Crippen LogP contribution in [0.3, 0.4) is 0 Å². The Morgan fingerprint density at radius 2 is 1.89 bits per heavy atom. The Hall–Kier alpha value is -1.82. The second-order valence-electron chi connectivity index (χ2n) is 3.96. The minimum atomic E-state index is -4.40. The van der Waals surface area contributed by atoms with Crippen LogP contribution >= 0.6 is 0 Å². The zero-order chi connectivity index (χ0) is 13.2. The number of hydrogen-bond acceptors (Lipinski definition) is 2. The van der Waals surface area contributed by atoms with Crippen molar-refractivity contribution in [1.29, 1.82) is 0 Å². The van der Waals surface area contributed by atoms with Gasteiger partial charge in [-0.3, -0.25) is 0 Å². The molecule has 3 nitrogen and oxygen atoms in total. The number of aromatic nitrogens is 2. The molecule has 1 atom stereocenters. The van der Waals surface area contributed by atoms with E-state index in [9.17, 15) is 13.2 Å². The summed E-state index contributed by atoms with van der Waals surface area (Å²) < 4.78 is 37.1. The van der Waals surface area contributed by atoms with E-state index in [1.165, 1.54) is 0 Å². The van der Waals surface area contributed by atoms with Gasteiger partial charge in [-0.2, -0.15) is 13.2 Å². The van der Waals surface area contributed by atoms with E-state index < -0.39 is 11.9 Å². The number of nitrogens with two attached hydrogens (primary N) is 1. The summed E-state index contributed by atoms with van der Waals surface area (Å²) >= 11 is 0. The Morgan fingerprint density at radius 3 is 2.44 bits per heavy atom. The first kappa shape index (κ1) is 12.6. The highest BCUT2D eigenvalue weighted by atomic mass is 19.4. The fourth-order valence-corrected chi connectivity index (χ4v) is 1.64. The highest BCUT2D eigenvalue weighted by Gasteiger charge is 2.33. The lowest BCUT2D eigenvalue weighted by Crippen LogP contribution is -2.14. The monoisotopic (exact) mass is 255 g/mol. The van der Waals surface area contributed by atoms with Gasteiger partial charge in [0.2, 0.25) is 0 Å². The maximum absolute atomic E-state index is 12.4. The predicted octanol–water partition coefficient (Wildman–Crippen LogP) is 2.67. The molecule has 2 rings (SSSR count). The number of imidazole rings is 1. The second-order valence-corrected chi connectivity index (χ2v) is 3.96. The number of aromatic amines is 1. The fourth-order valence-electron chi connectivity index (χ4n) is 1.64. The van der Waals surface area contributed by atoms with Crippen LogP contribution in [0.2, 0.25) is 0 Å². The van der Waals surface area contributed by atoms with Crippen LogP contribution < -0.4 is 5.73 Å². The summed E-state index contributed by atoms with van der Waals surface area (Å²) in [6.45, 7) is 0. The molecule has 0 saturated heterocycles. The van der Waals surface area contributed by atoms with Crippen molar-refractivity contribution in [2.45, 2.75) is 18.6 Å². The Morgan fingerprint density at radius 1 is 1.22 bits per heavy atom. The third-order valence-corrected chi connectivity index (χ3v) is 2.57. The standard InChI is InChI=1S/C12H12F3N3/c13-12(14,15)10-7-17-11(18-10)6-9(16)8-4-2-1-3-5-8/h1-5,7,9H,6,16H2,(H,17,18). The van der Waals surface area contributed by atoms with Gasteiger partial charge in [0.15, 0.2) is 0 Å². The smallest absolute Gasteiger partial charge is 0.338 e. The van der Waals surface area contributed by atoms with Crippen molar-refractivity contribution in [1.82, 2.24) is 9.97 Å². The molecule has 3 N–H and O–H groups in total. The molecule has 18 heavy (non-hydrogen) atoms. The third-order valence-electron chi connectivity index (χ3n) is 2.57. The van der Waals surface area contributed by atoms with Crippen molar-refractivity contribution in [3.05, 3.63) is 53.6 Å². The van der Waals surface area contributed by atoms with Gasteiger partial charge in [0.05, 0.1) is 6.20 Å². The van der Waals surface area contributed by atoms with E-state index in [1.807, 2.05) is 30.3 Å². The Labute approximate surface area is 102 Å². The normalized spacial score (nSPS) is 13.6. The van der Waals surface area contributed by atoms with E-state index in [0.29, 0.717) is 0 Å². The zero-order valence-electron chi connectivity index (χ0n) is 9.41. The van der Waals surface area contributed by atoms with Crippen molar-refractivity contribution in [3.8, 4) is 0 Å². The molecule has 1 aromatic heterocycles. The first-order chi connectivity index (χ1) is 8.47. The highest BCUT2D eigenvalue weighted by Crippen LogP contribution is 2.27. The molecule has 0 fully saturated rings. The summed E-state index contributed by atoms with van der Waals surface area (Å²) in [4.78, 5) is 5.93. The van der Waals surface area contributed by atoms with Crippen LogP contribution in [-0.2, 0) is 12.6 Å². The molecule has 1 heterocycles. The number of H-pyrrole nitrogens is 1. The van der Waals surface area contributed by atoms with Crippen molar-refractivity contribution in [3.63, 3.8) is 0 Å². The van der Waals surface area contributed by atoms with Gasteiger partial charge in [0, 0.05) is 12.5 Å². The van der Waals surface area contributed by atoms with Crippen LogP contribution in [-0.4, -0.2) is 9.97 Å². The fraction of sp³-hybridized carbons (Fsp3) is 0.250. The molecule has 0 aliphatic rings. The van der Waals surface area contributed by atoms with Gasteiger partial charge in [0.25, 0.3) is 0 Å². The quantitative estimate of drug-likeness (QED) is 0.885. The van der Waals surface area contributed by atoms with Crippen LogP contribution in [0.25, 0.3) is 0 Å². The molecule has 0 spiro atoms. The summed E-state index contributed by atoms with van der Waals surface area (Å²) in [7, 11) is 0. The number of nitrogens with zero attached hydrogens (tertiary/aromatic N) is 1. The summed E-state index contributed by atoms with van der Waals surface area (Å²) in [5, 5.41) is 0. The van der Waals surface area contributed by atoms with Crippen molar-refractivity contribution < 1.29 is 13.2 Å². The third kappa shape index (κ3) is 2.89. The topological polar surface area (TPSA) is 54.7 Å². The van der Waals surface area contributed by atoms with Crippen LogP contribution in [0, 0.1) is 0 Å². The molecular formula is C12H12F3N3. The first-order valence-electron chi connectivity index (χ1n) is 5.38. The second kappa shape index (κ2) is 4.81. The lowest BCUT2D eigenvalue weighted by Gasteiger charge is -2.10. The molecule has 96 valence electrons. The van der Waals surface area contributed by atoms with Gasteiger partial charge < -0.3 is 10.7 Å². The van der Waals surface area contributed by atoms with Gasteiger partial charge in [-0.1, -0.05) is 30.3 Å². The number of rotatable bonds is 3. The van der Waals surface area contributed by atoms with E-state index in [4.69, 9.17) is 5.73 Å². The number of halogens is 3. The van der Waals surface area contributed by atoms with E-state index in [1.54, 1.807) is 0 Å². The Bertz CT molecular complexity index is 505. The maximum atomic E-state index is 12.4. The molecule has 0 aliphatic heterocycles. The molecule has 0 aliphatic carbocycles. The molecule has 2 aromatic rings. The average molecular weight is 255 g/mol. The Kier molecular flexibility index (Phi) is 3.38. The van der Waals surface area contributed by atoms with Crippen LogP contribution in [0.15, 0.2) is 36.5 Å². The van der Waals surface area contributed by atoms with Crippen molar-refractivity contribution in [2.24, 2.45) is 5.73 Å². The molecule has 1 aromatic carbocycles. The molecule has 6 heteroatoms. The van der Waals surface area contributed by atoms with Crippen molar-refractivity contribution >= 4 is 0 Å². The van der Waals surface area contributed by atoms with Crippen LogP contribution in [0.4, 0.5) is 13.2 Å². The Balaban J connectivity index is 2.08. The predicted molar refractivity (Wildman–Crippen MR) is 60.7 cm³/mol. The van der Waals surface area contributed by atoms with E-state index in [2.05, 4.69) is 9.97 Å². The van der Waals surface area contributed by atoms with Gasteiger partial charge in [-0.25, -0.2) is 4.98 Å². The number of alkyl halides is 3. The van der Waals surface area contributed by atoms with E-state index in [-0.39, 0.29) is 18.3 Å². The van der Waals surface area contributed by atoms with E-state index in [0.717, 1.165) is 11.8 Å².